The number of amides is 1. The summed E-state index contributed by atoms with van der Waals surface area (Å²) in [6.07, 6.45) is 2.04. The van der Waals surface area contributed by atoms with E-state index in [1.54, 1.807) is 12.1 Å². The molecule has 0 spiro atoms. The van der Waals surface area contributed by atoms with Crippen LogP contribution in [-0.2, 0) is 4.74 Å². The third-order valence-electron chi connectivity index (χ3n) is 5.27. The van der Waals surface area contributed by atoms with Crippen LogP contribution in [0.5, 0.6) is 17.2 Å². The number of carbonyl (C=O) groups is 1. The van der Waals surface area contributed by atoms with E-state index in [1.807, 2.05) is 26.0 Å². The van der Waals surface area contributed by atoms with E-state index in [-0.39, 0.29) is 12.0 Å². The molecule has 0 saturated carbocycles. The second-order valence-electron chi connectivity index (χ2n) is 7.64. The minimum atomic E-state index is -0.354. The molecule has 0 aliphatic carbocycles. The Labute approximate surface area is 188 Å². The molecule has 32 heavy (non-hydrogen) atoms. The van der Waals surface area contributed by atoms with Gasteiger partial charge >= 0.3 is 0 Å². The summed E-state index contributed by atoms with van der Waals surface area (Å²) in [4.78, 5) is 17.7. The summed E-state index contributed by atoms with van der Waals surface area (Å²) in [5, 5.41) is 6.13. The maximum absolute atomic E-state index is 13.1. The minimum absolute atomic E-state index is 0.0593. The molecule has 1 atom stereocenters. The highest BCUT2D eigenvalue weighted by molar-refractivity contribution is 6.10. The molecule has 8 nitrogen and oxygen atoms in total. The van der Waals surface area contributed by atoms with E-state index in [0.29, 0.717) is 35.3 Å². The van der Waals surface area contributed by atoms with Crippen molar-refractivity contribution < 1.29 is 23.7 Å². The highest BCUT2D eigenvalue weighted by atomic mass is 16.5. The fourth-order valence-corrected chi connectivity index (χ4v) is 3.57. The Bertz CT molecular complexity index is 959. The molecule has 1 heterocycles. The smallest absolute Gasteiger partial charge is 0.258 e. The molecule has 1 amide bonds. The average Bonchev–Trinajstić information content (AvgIpc) is 3.31. The lowest BCUT2D eigenvalue weighted by atomic mass is 10.1. The van der Waals surface area contributed by atoms with Gasteiger partial charge in [-0.1, -0.05) is 17.7 Å². The van der Waals surface area contributed by atoms with Crippen molar-refractivity contribution in [3.63, 3.8) is 0 Å². The number of aliphatic imine (C=N–C) groups is 1. The molecule has 0 radical (unpaired) electrons. The third-order valence-corrected chi connectivity index (χ3v) is 5.27. The summed E-state index contributed by atoms with van der Waals surface area (Å²) >= 11 is 0. The summed E-state index contributed by atoms with van der Waals surface area (Å²) in [7, 11) is 4.54. The zero-order valence-corrected chi connectivity index (χ0v) is 19.3. The fraction of sp³-hybridized carbons (Fsp3) is 0.417. The number of nitrogens with zero attached hydrogens (tertiary/aromatic N) is 1. The molecular weight excluding hydrogens is 410 g/mol. The van der Waals surface area contributed by atoms with Crippen molar-refractivity contribution in [2.45, 2.75) is 32.8 Å². The van der Waals surface area contributed by atoms with Crippen LogP contribution >= 0.6 is 0 Å². The maximum atomic E-state index is 13.1. The first-order valence-electron chi connectivity index (χ1n) is 10.6. The van der Waals surface area contributed by atoms with E-state index >= 15 is 0 Å². The Hall–Kier alpha value is -3.26. The molecule has 1 aliphatic rings. The van der Waals surface area contributed by atoms with E-state index in [1.165, 1.54) is 21.3 Å². The number of hydrogen-bond donors (Lipinski definition) is 2. The number of ether oxygens (including phenoxy) is 4. The second kappa shape index (κ2) is 10.9. The zero-order valence-electron chi connectivity index (χ0n) is 19.3. The number of anilines is 1. The van der Waals surface area contributed by atoms with Gasteiger partial charge in [0.1, 0.15) is 0 Å². The van der Waals surface area contributed by atoms with Gasteiger partial charge in [0.2, 0.25) is 11.7 Å². The Morgan fingerprint density at radius 3 is 2.38 bits per heavy atom. The Kier molecular flexibility index (Phi) is 7.94. The highest BCUT2D eigenvalue weighted by Crippen LogP contribution is 2.38. The lowest BCUT2D eigenvalue weighted by Crippen LogP contribution is -2.37. The molecule has 0 aromatic heterocycles. The van der Waals surface area contributed by atoms with Gasteiger partial charge in [0.05, 0.1) is 34.0 Å². The first-order valence-corrected chi connectivity index (χ1v) is 10.6. The first kappa shape index (κ1) is 23.4. The molecule has 8 heteroatoms. The van der Waals surface area contributed by atoms with Crippen molar-refractivity contribution in [1.29, 1.82) is 0 Å². The Morgan fingerprint density at radius 2 is 1.81 bits per heavy atom. The maximum Gasteiger partial charge on any atom is 0.258 e. The molecule has 1 aliphatic heterocycles. The number of nitrogens with one attached hydrogen (secondary N) is 2. The molecule has 172 valence electrons. The van der Waals surface area contributed by atoms with Crippen LogP contribution in [-0.4, -0.2) is 52.5 Å². The number of aryl methyl sites for hydroxylation is 2. The SMILES string of the molecule is COc1cc(C(=O)NC(=NCC2CCCO2)Nc2ccc(C)cc2C)cc(OC)c1OC. The molecule has 3 rings (SSSR count). The molecule has 1 saturated heterocycles. The normalized spacial score (nSPS) is 15.9. The van der Waals surface area contributed by atoms with Crippen molar-refractivity contribution in [3.05, 3.63) is 47.0 Å². The third kappa shape index (κ3) is 5.70. The molecule has 2 aromatic carbocycles. The number of methoxy groups -OCH3 is 3. The van der Waals surface area contributed by atoms with Gasteiger partial charge < -0.3 is 24.3 Å². The standard InChI is InChI=1S/C24H31N3O5/c1-15-8-9-19(16(2)11-15)26-24(25-14-18-7-6-10-32-18)27-23(28)17-12-20(29-3)22(31-5)21(13-17)30-4/h8-9,11-13,18H,6-7,10,14H2,1-5H3,(H2,25,26,27,28). The highest BCUT2D eigenvalue weighted by Gasteiger charge is 2.19. The molecular formula is C24H31N3O5. The monoisotopic (exact) mass is 441 g/mol. The lowest BCUT2D eigenvalue weighted by molar-refractivity contribution is 0.0974. The lowest BCUT2D eigenvalue weighted by Gasteiger charge is -2.17. The summed E-state index contributed by atoms with van der Waals surface area (Å²) in [6.45, 7) is 5.25. The summed E-state index contributed by atoms with van der Waals surface area (Å²) in [5.41, 5.74) is 3.43. The van der Waals surface area contributed by atoms with Crippen molar-refractivity contribution in [3.8, 4) is 17.2 Å². The van der Waals surface area contributed by atoms with Crippen LogP contribution in [0.4, 0.5) is 5.69 Å². The van der Waals surface area contributed by atoms with Gasteiger partial charge in [-0.15, -0.1) is 0 Å². The number of rotatable bonds is 7. The summed E-state index contributed by atoms with van der Waals surface area (Å²) in [6, 6.07) is 9.25. The summed E-state index contributed by atoms with van der Waals surface area (Å²) in [5.74, 6) is 1.22. The van der Waals surface area contributed by atoms with Crippen molar-refractivity contribution in [2.75, 3.05) is 39.8 Å². The molecule has 0 bridgehead atoms. The Morgan fingerprint density at radius 1 is 1.09 bits per heavy atom. The van der Waals surface area contributed by atoms with E-state index in [9.17, 15) is 4.79 Å². The zero-order chi connectivity index (χ0) is 23.1. The minimum Gasteiger partial charge on any atom is -0.493 e. The predicted octanol–water partition coefficient (Wildman–Crippen LogP) is 3.71. The van der Waals surface area contributed by atoms with Crippen LogP contribution in [0, 0.1) is 13.8 Å². The number of hydrogen-bond acceptors (Lipinski definition) is 6. The quantitative estimate of drug-likeness (QED) is 0.503. The van der Waals surface area contributed by atoms with Crippen LogP contribution in [0.2, 0.25) is 0 Å². The molecule has 2 aromatic rings. The van der Waals surface area contributed by atoms with E-state index < -0.39 is 0 Å². The van der Waals surface area contributed by atoms with Gasteiger partial charge in [0, 0.05) is 17.9 Å². The molecule has 1 unspecified atom stereocenters. The van der Waals surface area contributed by atoms with Crippen LogP contribution in [0.15, 0.2) is 35.3 Å². The van der Waals surface area contributed by atoms with Crippen LogP contribution in [0.25, 0.3) is 0 Å². The van der Waals surface area contributed by atoms with Gasteiger partial charge in [-0.3, -0.25) is 10.1 Å². The van der Waals surface area contributed by atoms with Gasteiger partial charge in [0.25, 0.3) is 5.91 Å². The number of carbonyl (C=O) groups excluding carboxylic acids is 1. The largest absolute Gasteiger partial charge is 0.493 e. The fourth-order valence-electron chi connectivity index (χ4n) is 3.57. The van der Waals surface area contributed by atoms with Crippen LogP contribution < -0.4 is 24.8 Å². The molecule has 1 fully saturated rings. The van der Waals surface area contributed by atoms with Crippen molar-refractivity contribution in [1.82, 2.24) is 5.32 Å². The predicted molar refractivity (Wildman–Crippen MR) is 124 cm³/mol. The van der Waals surface area contributed by atoms with E-state index in [2.05, 4.69) is 21.7 Å². The van der Waals surface area contributed by atoms with Crippen LogP contribution in [0.3, 0.4) is 0 Å². The van der Waals surface area contributed by atoms with Crippen LogP contribution in [0.1, 0.15) is 34.3 Å². The second-order valence-corrected chi connectivity index (χ2v) is 7.64. The topological polar surface area (TPSA) is 90.4 Å². The van der Waals surface area contributed by atoms with E-state index in [0.717, 1.165) is 36.3 Å². The van der Waals surface area contributed by atoms with Crippen molar-refractivity contribution >= 4 is 17.6 Å². The van der Waals surface area contributed by atoms with Crippen molar-refractivity contribution in [2.24, 2.45) is 4.99 Å². The summed E-state index contributed by atoms with van der Waals surface area (Å²) < 4.78 is 21.7. The Balaban J connectivity index is 1.86. The number of benzene rings is 2. The average molecular weight is 442 g/mol. The van der Waals surface area contributed by atoms with Gasteiger partial charge in [-0.2, -0.15) is 0 Å². The molecule has 2 N–H and O–H groups in total. The number of guanidine groups is 1. The van der Waals surface area contributed by atoms with Gasteiger partial charge in [-0.05, 0) is 50.5 Å². The van der Waals surface area contributed by atoms with E-state index in [4.69, 9.17) is 18.9 Å². The first-order chi connectivity index (χ1) is 15.4. The van der Waals surface area contributed by atoms with Gasteiger partial charge in [-0.25, -0.2) is 4.99 Å². The van der Waals surface area contributed by atoms with Gasteiger partial charge in [0.15, 0.2) is 11.5 Å².